The zero-order chi connectivity index (χ0) is 28.0. The molecule has 0 spiro atoms. The number of carbonyl (C=O) groups excluding carboxylic acids is 2. The zero-order valence-corrected chi connectivity index (χ0v) is 22.5. The Bertz CT molecular complexity index is 1230. The molecule has 8 nitrogen and oxygen atoms in total. The third-order valence-electron chi connectivity index (χ3n) is 6.33. The predicted octanol–water partition coefficient (Wildman–Crippen LogP) is 3.34. The molecule has 2 aromatic rings. The summed E-state index contributed by atoms with van der Waals surface area (Å²) < 4.78 is 68.9. The van der Waals surface area contributed by atoms with Crippen molar-refractivity contribution in [1.82, 2.24) is 19.9 Å². The molecule has 0 aliphatic carbocycles. The summed E-state index contributed by atoms with van der Waals surface area (Å²) >= 11 is 0. The number of nitrogens with zero attached hydrogens (tertiary/aromatic N) is 2. The van der Waals surface area contributed by atoms with Crippen molar-refractivity contribution in [3.05, 3.63) is 64.7 Å². The highest BCUT2D eigenvalue weighted by atomic mass is 32.2. The van der Waals surface area contributed by atoms with Crippen LogP contribution in [0.4, 0.5) is 13.2 Å². The van der Waals surface area contributed by atoms with Crippen molar-refractivity contribution in [2.75, 3.05) is 6.54 Å². The molecule has 2 amide bonds. The third kappa shape index (κ3) is 7.76. The number of benzene rings is 1. The minimum absolute atomic E-state index is 0.0215. The molecule has 38 heavy (non-hydrogen) atoms. The van der Waals surface area contributed by atoms with Crippen molar-refractivity contribution in [3.63, 3.8) is 0 Å². The van der Waals surface area contributed by atoms with E-state index in [1.54, 1.807) is 6.20 Å². The number of hydrogen-bond acceptors (Lipinski definition) is 5. The summed E-state index contributed by atoms with van der Waals surface area (Å²) in [5, 5.41) is 5.47. The zero-order valence-electron chi connectivity index (χ0n) is 21.6. The van der Waals surface area contributed by atoms with Gasteiger partial charge in [-0.3, -0.25) is 14.6 Å². The lowest BCUT2D eigenvalue weighted by atomic mass is 10.0. The quantitative estimate of drug-likeness (QED) is 0.469. The van der Waals surface area contributed by atoms with Crippen LogP contribution in [0.2, 0.25) is 0 Å². The van der Waals surface area contributed by atoms with E-state index in [4.69, 9.17) is 0 Å². The summed E-state index contributed by atoms with van der Waals surface area (Å²) in [5.41, 5.74) is 0.823. The first-order valence-corrected chi connectivity index (χ1v) is 14.1. The fraction of sp³-hybridized carbons (Fsp3) is 0.500. The molecular formula is C26H33F3N4O4S. The topological polar surface area (TPSA) is 108 Å². The Morgan fingerprint density at radius 1 is 1.13 bits per heavy atom. The fourth-order valence-electron chi connectivity index (χ4n) is 4.36. The van der Waals surface area contributed by atoms with Crippen molar-refractivity contribution in [2.24, 2.45) is 5.92 Å². The number of aromatic nitrogens is 1. The first kappa shape index (κ1) is 29.6. The minimum Gasteiger partial charge on any atom is -0.350 e. The van der Waals surface area contributed by atoms with Crippen LogP contribution >= 0.6 is 0 Å². The molecule has 1 aromatic heterocycles. The lowest BCUT2D eigenvalue weighted by Gasteiger charge is -2.34. The van der Waals surface area contributed by atoms with E-state index < -0.39 is 62.7 Å². The summed E-state index contributed by atoms with van der Waals surface area (Å²) in [7, 11) is -4.35. The first-order chi connectivity index (χ1) is 17.9. The normalized spacial score (nSPS) is 17.3. The highest BCUT2D eigenvalue weighted by Crippen LogP contribution is 2.26. The van der Waals surface area contributed by atoms with Gasteiger partial charge in [-0.25, -0.2) is 21.6 Å². The Balaban J connectivity index is 1.74. The van der Waals surface area contributed by atoms with Crippen molar-refractivity contribution in [2.45, 2.75) is 70.8 Å². The average Bonchev–Trinajstić information content (AvgIpc) is 2.85. The number of rotatable bonds is 10. The van der Waals surface area contributed by atoms with Crippen molar-refractivity contribution >= 4 is 21.8 Å². The van der Waals surface area contributed by atoms with Gasteiger partial charge in [0, 0.05) is 42.7 Å². The molecule has 208 valence electrons. The van der Waals surface area contributed by atoms with Gasteiger partial charge in [0.05, 0.1) is 5.75 Å². The summed E-state index contributed by atoms with van der Waals surface area (Å²) in [6.45, 7) is 5.80. The number of pyridine rings is 1. The SMILES string of the molecule is Cc1ccc(CNC(=O)C(CC(C)C)NC(=O)C2CCCCN2S(=O)(=O)Cc2c(F)cc(F)cc2F)cn1. The van der Waals surface area contributed by atoms with E-state index in [0.717, 1.165) is 15.6 Å². The highest BCUT2D eigenvalue weighted by molar-refractivity contribution is 7.88. The van der Waals surface area contributed by atoms with E-state index in [0.29, 0.717) is 31.4 Å². The van der Waals surface area contributed by atoms with Gasteiger partial charge >= 0.3 is 0 Å². The van der Waals surface area contributed by atoms with Gasteiger partial charge in [-0.1, -0.05) is 26.3 Å². The molecule has 1 aromatic carbocycles. The third-order valence-corrected chi connectivity index (χ3v) is 8.13. The van der Waals surface area contributed by atoms with Gasteiger partial charge in [0.1, 0.15) is 29.5 Å². The van der Waals surface area contributed by atoms with Crippen LogP contribution in [0.1, 0.15) is 56.4 Å². The Morgan fingerprint density at radius 3 is 2.42 bits per heavy atom. The van der Waals surface area contributed by atoms with Crippen molar-refractivity contribution in [3.8, 4) is 0 Å². The molecule has 2 atom stereocenters. The molecule has 2 heterocycles. The fourth-order valence-corrected chi connectivity index (χ4v) is 6.16. The first-order valence-electron chi connectivity index (χ1n) is 12.5. The average molecular weight is 555 g/mol. The molecule has 3 rings (SSSR count). The molecule has 1 saturated heterocycles. The standard InChI is InChI=1S/C26H33F3N4O4S/c1-16(2)10-23(25(34)31-14-18-8-7-17(3)30-13-18)32-26(35)24-6-4-5-9-33(24)38(36,37)15-20-21(28)11-19(27)12-22(20)29/h7-8,11-13,16,23-24H,4-6,9-10,14-15H2,1-3H3,(H,31,34)(H,32,35). The molecule has 1 aliphatic heterocycles. The van der Waals surface area contributed by atoms with E-state index in [2.05, 4.69) is 15.6 Å². The number of nitrogens with one attached hydrogen (secondary N) is 2. The molecule has 0 radical (unpaired) electrons. The highest BCUT2D eigenvalue weighted by Gasteiger charge is 2.39. The van der Waals surface area contributed by atoms with Crippen molar-refractivity contribution in [1.29, 1.82) is 0 Å². The van der Waals surface area contributed by atoms with E-state index >= 15 is 0 Å². The van der Waals surface area contributed by atoms with Crippen LogP contribution in [-0.2, 0) is 31.9 Å². The maximum atomic E-state index is 14.2. The number of sulfonamides is 1. The van der Waals surface area contributed by atoms with E-state index in [9.17, 15) is 31.2 Å². The second kappa shape index (κ2) is 12.7. The smallest absolute Gasteiger partial charge is 0.242 e. The largest absolute Gasteiger partial charge is 0.350 e. The number of piperidine rings is 1. The second-order valence-electron chi connectivity index (χ2n) is 9.94. The number of carbonyl (C=O) groups is 2. The summed E-state index contributed by atoms with van der Waals surface area (Å²) in [6.07, 6.45) is 3.16. The lowest BCUT2D eigenvalue weighted by molar-refractivity contribution is -0.132. The molecule has 0 saturated carbocycles. The maximum absolute atomic E-state index is 14.2. The van der Waals surface area contributed by atoms with Gasteiger partial charge in [0.2, 0.25) is 21.8 Å². The van der Waals surface area contributed by atoms with Crippen LogP contribution in [0, 0.1) is 30.3 Å². The number of hydrogen-bond donors (Lipinski definition) is 2. The van der Waals surface area contributed by atoms with Gasteiger partial charge in [-0.15, -0.1) is 0 Å². The number of halogens is 3. The van der Waals surface area contributed by atoms with Gasteiger partial charge in [-0.05, 0) is 43.7 Å². The van der Waals surface area contributed by atoms with Crippen LogP contribution in [-0.4, -0.2) is 48.1 Å². The van der Waals surface area contributed by atoms with Crippen LogP contribution < -0.4 is 10.6 Å². The minimum atomic E-state index is -4.35. The Kier molecular flexibility index (Phi) is 9.88. The van der Waals surface area contributed by atoms with Gasteiger partial charge in [0.25, 0.3) is 0 Å². The number of amides is 2. The molecule has 0 bridgehead atoms. The summed E-state index contributed by atoms with van der Waals surface area (Å²) in [6, 6.07) is 2.41. The molecular weight excluding hydrogens is 521 g/mol. The predicted molar refractivity (Wildman–Crippen MR) is 135 cm³/mol. The lowest BCUT2D eigenvalue weighted by Crippen LogP contribution is -2.56. The summed E-state index contributed by atoms with van der Waals surface area (Å²) in [4.78, 5) is 30.4. The van der Waals surface area contributed by atoms with E-state index in [1.165, 1.54) is 0 Å². The van der Waals surface area contributed by atoms with Crippen LogP contribution in [0.25, 0.3) is 0 Å². The van der Waals surface area contributed by atoms with Gasteiger partial charge in [-0.2, -0.15) is 4.31 Å². The summed E-state index contributed by atoms with van der Waals surface area (Å²) in [5.74, 6) is -5.90. The van der Waals surface area contributed by atoms with Gasteiger partial charge in [0.15, 0.2) is 0 Å². The van der Waals surface area contributed by atoms with Crippen molar-refractivity contribution < 1.29 is 31.2 Å². The van der Waals surface area contributed by atoms with E-state index in [-0.39, 0.29) is 25.4 Å². The maximum Gasteiger partial charge on any atom is 0.242 e. The molecule has 1 fully saturated rings. The second-order valence-corrected chi connectivity index (χ2v) is 11.9. The van der Waals surface area contributed by atoms with Crippen LogP contribution in [0.5, 0.6) is 0 Å². The van der Waals surface area contributed by atoms with Crippen LogP contribution in [0.3, 0.4) is 0 Å². The molecule has 2 N–H and O–H groups in total. The van der Waals surface area contributed by atoms with Crippen LogP contribution in [0.15, 0.2) is 30.5 Å². The monoisotopic (exact) mass is 554 g/mol. The Hall–Kier alpha value is -2.99. The van der Waals surface area contributed by atoms with E-state index in [1.807, 2.05) is 32.9 Å². The Labute approximate surface area is 221 Å². The Morgan fingerprint density at radius 2 is 1.82 bits per heavy atom. The molecule has 1 aliphatic rings. The molecule has 12 heteroatoms. The molecule has 2 unspecified atom stereocenters. The van der Waals surface area contributed by atoms with Gasteiger partial charge < -0.3 is 10.6 Å². The number of aryl methyl sites for hydroxylation is 1.